The van der Waals surface area contributed by atoms with Crippen molar-refractivity contribution in [3.05, 3.63) is 199 Å². The molecule has 1 unspecified atom stereocenters. The lowest BCUT2D eigenvalue weighted by Crippen LogP contribution is -2.22. The number of allylic oxidation sites excluding steroid dienone is 4. The molecule has 57 heavy (non-hydrogen) atoms. The number of para-hydroxylation sites is 1. The molecule has 0 radical (unpaired) electrons. The van der Waals surface area contributed by atoms with Crippen LogP contribution < -0.4 is 0 Å². The fourth-order valence-electron chi connectivity index (χ4n) is 8.58. The molecule has 0 saturated carbocycles. The SMILES string of the molecule is CC1(c2ccccc2)C=CC=C(c2nc(-c3ccccc3)nc(-c3ccc(-n4c5ccccc5c5cc(-c6cccc7c6sc6ccccc67)ccc54)cc3)n2)C1. The van der Waals surface area contributed by atoms with Crippen molar-refractivity contribution < 1.29 is 0 Å². The molecule has 0 fully saturated rings. The molecule has 0 amide bonds. The Morgan fingerprint density at radius 1 is 0.526 bits per heavy atom. The smallest absolute Gasteiger partial charge is 0.164 e. The van der Waals surface area contributed by atoms with Crippen LogP contribution in [0.15, 0.2) is 188 Å². The van der Waals surface area contributed by atoms with Crippen LogP contribution in [0.1, 0.15) is 24.7 Å². The molecule has 3 heterocycles. The number of hydrogen-bond acceptors (Lipinski definition) is 4. The topological polar surface area (TPSA) is 43.6 Å². The third-order valence-electron chi connectivity index (χ3n) is 11.5. The second-order valence-electron chi connectivity index (χ2n) is 15.1. The van der Waals surface area contributed by atoms with E-state index in [4.69, 9.17) is 15.0 Å². The molecule has 10 aromatic rings. The van der Waals surface area contributed by atoms with Gasteiger partial charge in [-0.1, -0.05) is 146 Å². The molecule has 0 aliphatic heterocycles. The molecule has 0 N–H and O–H groups in total. The summed E-state index contributed by atoms with van der Waals surface area (Å²) in [6.07, 6.45) is 7.37. The summed E-state index contributed by atoms with van der Waals surface area (Å²) in [6, 6.07) is 60.6. The van der Waals surface area contributed by atoms with Gasteiger partial charge in [0, 0.05) is 53.2 Å². The van der Waals surface area contributed by atoms with Crippen LogP contribution in [0, 0.1) is 0 Å². The molecule has 0 spiro atoms. The number of thiophene rings is 1. The molecule has 3 aromatic heterocycles. The summed E-state index contributed by atoms with van der Waals surface area (Å²) in [5.74, 6) is 2.03. The van der Waals surface area contributed by atoms with Gasteiger partial charge in [0.05, 0.1) is 11.0 Å². The lowest BCUT2D eigenvalue weighted by molar-refractivity contribution is 0.606. The Morgan fingerprint density at radius 3 is 1.96 bits per heavy atom. The first-order valence-corrected chi connectivity index (χ1v) is 20.2. The first-order chi connectivity index (χ1) is 28.1. The molecule has 5 heteroatoms. The van der Waals surface area contributed by atoms with Crippen LogP contribution in [0.4, 0.5) is 0 Å². The highest BCUT2D eigenvalue weighted by atomic mass is 32.1. The molecule has 1 atom stereocenters. The minimum Gasteiger partial charge on any atom is -0.309 e. The third-order valence-corrected chi connectivity index (χ3v) is 12.7. The molecule has 7 aromatic carbocycles. The first-order valence-electron chi connectivity index (χ1n) is 19.4. The van der Waals surface area contributed by atoms with Crippen molar-refractivity contribution in [3.63, 3.8) is 0 Å². The maximum Gasteiger partial charge on any atom is 0.164 e. The highest BCUT2D eigenvalue weighted by Crippen LogP contribution is 2.42. The number of hydrogen-bond donors (Lipinski definition) is 0. The van der Waals surface area contributed by atoms with E-state index in [1.54, 1.807) is 0 Å². The van der Waals surface area contributed by atoms with Gasteiger partial charge in [-0.2, -0.15) is 0 Å². The van der Waals surface area contributed by atoms with Gasteiger partial charge < -0.3 is 4.57 Å². The summed E-state index contributed by atoms with van der Waals surface area (Å²) in [4.78, 5) is 15.3. The highest BCUT2D eigenvalue weighted by molar-refractivity contribution is 7.26. The van der Waals surface area contributed by atoms with E-state index in [0.717, 1.165) is 28.8 Å². The van der Waals surface area contributed by atoms with Crippen molar-refractivity contribution >= 4 is 58.9 Å². The van der Waals surface area contributed by atoms with Gasteiger partial charge in [-0.05, 0) is 77.2 Å². The maximum absolute atomic E-state index is 5.15. The molecule has 0 saturated heterocycles. The highest BCUT2D eigenvalue weighted by Gasteiger charge is 2.29. The van der Waals surface area contributed by atoms with Gasteiger partial charge in [0.2, 0.25) is 0 Å². The van der Waals surface area contributed by atoms with Crippen LogP contribution in [0.3, 0.4) is 0 Å². The summed E-state index contributed by atoms with van der Waals surface area (Å²) in [6.45, 7) is 2.28. The quantitative estimate of drug-likeness (QED) is 0.170. The summed E-state index contributed by atoms with van der Waals surface area (Å²) < 4.78 is 5.02. The molecular weight excluding hydrogens is 713 g/mol. The predicted molar refractivity (Wildman–Crippen MR) is 239 cm³/mol. The van der Waals surface area contributed by atoms with Crippen LogP contribution in [0.25, 0.3) is 87.1 Å². The summed E-state index contributed by atoms with van der Waals surface area (Å²) in [7, 11) is 0. The van der Waals surface area contributed by atoms with Gasteiger partial charge >= 0.3 is 0 Å². The Bertz CT molecular complexity index is 3210. The number of nitrogens with zero attached hydrogens (tertiary/aromatic N) is 4. The van der Waals surface area contributed by atoms with E-state index in [-0.39, 0.29) is 5.41 Å². The fraction of sp³-hybridized carbons (Fsp3) is 0.0577. The number of fused-ring (bicyclic) bond motifs is 6. The first kappa shape index (κ1) is 33.4. The number of aromatic nitrogens is 4. The average Bonchev–Trinajstić information content (AvgIpc) is 3.83. The average molecular weight is 749 g/mol. The Morgan fingerprint density at radius 2 is 1.16 bits per heavy atom. The van der Waals surface area contributed by atoms with E-state index in [9.17, 15) is 0 Å². The summed E-state index contributed by atoms with van der Waals surface area (Å²) in [5, 5.41) is 5.10. The van der Waals surface area contributed by atoms with Gasteiger partial charge in [-0.25, -0.2) is 15.0 Å². The van der Waals surface area contributed by atoms with Crippen LogP contribution in [0.5, 0.6) is 0 Å². The Hall–Kier alpha value is -6.95. The van der Waals surface area contributed by atoms with Gasteiger partial charge in [0.15, 0.2) is 17.5 Å². The lowest BCUT2D eigenvalue weighted by Gasteiger charge is -2.30. The van der Waals surface area contributed by atoms with E-state index in [1.807, 2.05) is 29.5 Å². The third kappa shape index (κ3) is 5.70. The van der Waals surface area contributed by atoms with Crippen molar-refractivity contribution in [3.8, 4) is 39.6 Å². The predicted octanol–water partition coefficient (Wildman–Crippen LogP) is 13.6. The lowest BCUT2D eigenvalue weighted by atomic mass is 9.74. The summed E-state index contributed by atoms with van der Waals surface area (Å²) in [5.41, 5.74) is 10.0. The van der Waals surface area contributed by atoms with Crippen molar-refractivity contribution in [2.75, 3.05) is 0 Å². The normalized spacial score (nSPS) is 15.5. The molecule has 270 valence electrons. The van der Waals surface area contributed by atoms with Crippen LogP contribution in [0.2, 0.25) is 0 Å². The largest absolute Gasteiger partial charge is 0.309 e. The van der Waals surface area contributed by atoms with Gasteiger partial charge in [-0.15, -0.1) is 11.3 Å². The van der Waals surface area contributed by atoms with Gasteiger partial charge in [0.25, 0.3) is 0 Å². The molecule has 1 aliphatic rings. The molecular formula is C52H36N4S. The van der Waals surface area contributed by atoms with Gasteiger partial charge in [-0.3, -0.25) is 0 Å². The molecule has 1 aliphatic carbocycles. The van der Waals surface area contributed by atoms with E-state index >= 15 is 0 Å². The van der Waals surface area contributed by atoms with E-state index in [1.165, 1.54) is 58.7 Å². The fourth-order valence-corrected chi connectivity index (χ4v) is 9.82. The van der Waals surface area contributed by atoms with Crippen LogP contribution in [-0.4, -0.2) is 19.5 Å². The monoisotopic (exact) mass is 748 g/mol. The van der Waals surface area contributed by atoms with E-state index in [2.05, 4.69) is 181 Å². The minimum absolute atomic E-state index is 0.165. The standard InChI is InChI=1S/C52H36N4S/c1-52(38-17-6-3-7-18-38)31-13-16-37(33-52)51-54-49(34-14-4-2-5-15-34)53-50(55-51)35-25-28-39(29-26-35)56-45-23-10-8-19-41(45)44-32-36(27-30-46(44)56)40-21-12-22-43-42-20-9-11-24-47(42)57-48(40)43/h2-32H,33H2,1H3. The van der Waals surface area contributed by atoms with Crippen LogP contribution >= 0.6 is 11.3 Å². The van der Waals surface area contributed by atoms with Crippen molar-refractivity contribution in [1.29, 1.82) is 0 Å². The van der Waals surface area contributed by atoms with Crippen molar-refractivity contribution in [1.82, 2.24) is 19.5 Å². The second kappa shape index (κ2) is 13.4. The molecule has 0 bridgehead atoms. The Kier molecular flexibility index (Phi) is 7.83. The zero-order chi connectivity index (χ0) is 37.9. The van der Waals surface area contributed by atoms with Crippen molar-refractivity contribution in [2.45, 2.75) is 18.8 Å². The van der Waals surface area contributed by atoms with E-state index < -0.39 is 0 Å². The second-order valence-corrected chi connectivity index (χ2v) is 16.1. The van der Waals surface area contributed by atoms with E-state index in [0.29, 0.717) is 17.5 Å². The molecule has 4 nitrogen and oxygen atoms in total. The zero-order valence-electron chi connectivity index (χ0n) is 31.3. The molecule has 11 rings (SSSR count). The van der Waals surface area contributed by atoms with Gasteiger partial charge in [0.1, 0.15) is 0 Å². The Labute approximate surface area is 334 Å². The number of rotatable bonds is 6. The van der Waals surface area contributed by atoms with Crippen molar-refractivity contribution in [2.24, 2.45) is 0 Å². The zero-order valence-corrected chi connectivity index (χ0v) is 32.1. The minimum atomic E-state index is -0.165. The summed E-state index contributed by atoms with van der Waals surface area (Å²) >= 11 is 1.88. The Balaban J connectivity index is 0.996. The maximum atomic E-state index is 5.15. The van der Waals surface area contributed by atoms with Crippen LogP contribution in [-0.2, 0) is 5.41 Å². The number of benzene rings is 7.